The Labute approximate surface area is 124 Å². The van der Waals surface area contributed by atoms with Crippen molar-refractivity contribution in [1.29, 1.82) is 0 Å². The summed E-state index contributed by atoms with van der Waals surface area (Å²) in [5.41, 5.74) is 1.19. The summed E-state index contributed by atoms with van der Waals surface area (Å²) in [4.78, 5) is 15.6. The number of carbonyl (C=O) groups excluding carboxylic acids is 1. The van der Waals surface area contributed by atoms with E-state index >= 15 is 0 Å². The van der Waals surface area contributed by atoms with Crippen molar-refractivity contribution in [1.82, 2.24) is 10.3 Å². The quantitative estimate of drug-likeness (QED) is 0.882. The highest BCUT2D eigenvalue weighted by atomic mass is 19.4. The van der Waals surface area contributed by atoms with Crippen molar-refractivity contribution < 1.29 is 22.4 Å². The van der Waals surface area contributed by atoms with Gasteiger partial charge in [0.1, 0.15) is 18.1 Å². The third kappa shape index (κ3) is 4.83. The van der Waals surface area contributed by atoms with Crippen LogP contribution in [0.4, 0.5) is 17.6 Å². The van der Waals surface area contributed by atoms with Gasteiger partial charge in [-0.3, -0.25) is 4.79 Å². The molecule has 1 N–H and O–H groups in total. The maximum Gasteiger partial charge on any atom is 0.405 e. The van der Waals surface area contributed by atoms with E-state index in [1.165, 1.54) is 24.3 Å². The molecule has 2 rings (SSSR count). The molecule has 116 valence electrons. The molecule has 0 fully saturated rings. The van der Waals surface area contributed by atoms with E-state index < -0.39 is 18.6 Å². The second-order valence-corrected chi connectivity index (χ2v) is 4.62. The summed E-state index contributed by atoms with van der Waals surface area (Å²) in [6.45, 7) is -1.41. The average Bonchev–Trinajstić information content (AvgIpc) is 2.47. The van der Waals surface area contributed by atoms with Gasteiger partial charge in [-0.1, -0.05) is 18.2 Å². The largest absolute Gasteiger partial charge is 0.405 e. The molecule has 0 saturated heterocycles. The van der Waals surface area contributed by atoms with Crippen LogP contribution in [0.3, 0.4) is 0 Å². The highest BCUT2D eigenvalue weighted by Crippen LogP contribution is 2.13. The first kappa shape index (κ1) is 15.9. The standard InChI is InChI=1S/C15H12F4N2O/c16-11-6-4-10(5-7-11)8-12-2-1-3-13(21-12)14(22)20-9-15(17,18)19/h1-7H,8-9H2,(H,20,22). The maximum absolute atomic E-state index is 12.8. The van der Waals surface area contributed by atoms with Crippen molar-refractivity contribution in [2.75, 3.05) is 6.54 Å². The van der Waals surface area contributed by atoms with Gasteiger partial charge in [0.25, 0.3) is 5.91 Å². The minimum atomic E-state index is -4.47. The number of rotatable bonds is 4. The van der Waals surface area contributed by atoms with Crippen LogP contribution in [0.25, 0.3) is 0 Å². The normalized spacial score (nSPS) is 11.3. The van der Waals surface area contributed by atoms with Crippen molar-refractivity contribution in [3.8, 4) is 0 Å². The van der Waals surface area contributed by atoms with E-state index in [0.717, 1.165) is 5.56 Å². The summed E-state index contributed by atoms with van der Waals surface area (Å²) in [6, 6.07) is 10.3. The number of hydrogen-bond donors (Lipinski definition) is 1. The number of aromatic nitrogens is 1. The molecular weight excluding hydrogens is 300 g/mol. The van der Waals surface area contributed by atoms with E-state index in [1.807, 2.05) is 0 Å². The highest BCUT2D eigenvalue weighted by Gasteiger charge is 2.28. The molecule has 0 saturated carbocycles. The van der Waals surface area contributed by atoms with Crippen LogP contribution >= 0.6 is 0 Å². The van der Waals surface area contributed by atoms with E-state index in [1.54, 1.807) is 23.5 Å². The topological polar surface area (TPSA) is 42.0 Å². The lowest BCUT2D eigenvalue weighted by Crippen LogP contribution is -2.34. The van der Waals surface area contributed by atoms with Crippen molar-refractivity contribution in [3.05, 3.63) is 65.2 Å². The Morgan fingerprint density at radius 2 is 1.77 bits per heavy atom. The van der Waals surface area contributed by atoms with Gasteiger partial charge in [0.2, 0.25) is 0 Å². The summed E-state index contributed by atoms with van der Waals surface area (Å²) in [7, 11) is 0. The minimum absolute atomic E-state index is 0.0936. The van der Waals surface area contributed by atoms with Gasteiger partial charge in [-0.2, -0.15) is 13.2 Å². The minimum Gasteiger partial charge on any atom is -0.342 e. The Morgan fingerprint density at radius 1 is 1.09 bits per heavy atom. The zero-order chi connectivity index (χ0) is 16.2. The predicted molar refractivity (Wildman–Crippen MR) is 71.8 cm³/mol. The molecule has 1 aromatic carbocycles. The van der Waals surface area contributed by atoms with Gasteiger partial charge in [-0.25, -0.2) is 9.37 Å². The Morgan fingerprint density at radius 3 is 2.41 bits per heavy atom. The number of pyridine rings is 1. The van der Waals surface area contributed by atoms with Gasteiger partial charge >= 0.3 is 6.18 Å². The summed E-state index contributed by atoms with van der Waals surface area (Å²) >= 11 is 0. The van der Waals surface area contributed by atoms with Crippen LogP contribution in [0, 0.1) is 5.82 Å². The molecule has 0 atom stereocenters. The maximum atomic E-state index is 12.8. The number of hydrogen-bond acceptors (Lipinski definition) is 2. The molecule has 1 aromatic heterocycles. The summed E-state index contributed by atoms with van der Waals surface area (Å²) in [5, 5.41) is 1.76. The second kappa shape index (κ2) is 6.55. The highest BCUT2D eigenvalue weighted by molar-refractivity contribution is 5.92. The lowest BCUT2D eigenvalue weighted by Gasteiger charge is -2.08. The Bertz CT molecular complexity index is 653. The van der Waals surface area contributed by atoms with E-state index in [2.05, 4.69) is 4.98 Å². The zero-order valence-corrected chi connectivity index (χ0v) is 11.3. The summed E-state index contributed by atoms with van der Waals surface area (Å²) in [5.74, 6) is -1.25. The van der Waals surface area contributed by atoms with E-state index in [9.17, 15) is 22.4 Å². The fraction of sp³-hybridized carbons (Fsp3) is 0.200. The van der Waals surface area contributed by atoms with Crippen molar-refractivity contribution in [2.45, 2.75) is 12.6 Å². The molecule has 0 aliphatic carbocycles. The van der Waals surface area contributed by atoms with Crippen LogP contribution in [0.5, 0.6) is 0 Å². The fourth-order valence-corrected chi connectivity index (χ4v) is 1.79. The molecule has 2 aromatic rings. The molecule has 0 aliphatic rings. The summed E-state index contributed by atoms with van der Waals surface area (Å²) < 4.78 is 49.0. The average molecular weight is 312 g/mol. The van der Waals surface area contributed by atoms with E-state index in [0.29, 0.717) is 12.1 Å². The number of carbonyl (C=O) groups is 1. The first-order valence-electron chi connectivity index (χ1n) is 6.39. The van der Waals surface area contributed by atoms with E-state index in [-0.39, 0.29) is 11.5 Å². The number of amides is 1. The number of halogens is 4. The molecule has 0 spiro atoms. The van der Waals surface area contributed by atoms with Crippen LogP contribution in [0.1, 0.15) is 21.7 Å². The van der Waals surface area contributed by atoms with Crippen LogP contribution in [-0.4, -0.2) is 23.6 Å². The second-order valence-electron chi connectivity index (χ2n) is 4.62. The molecule has 0 bridgehead atoms. The molecule has 0 unspecified atom stereocenters. The molecular formula is C15H12F4N2O. The molecule has 22 heavy (non-hydrogen) atoms. The van der Waals surface area contributed by atoms with Gasteiger partial charge < -0.3 is 5.32 Å². The predicted octanol–water partition coefficient (Wildman–Crippen LogP) is 3.10. The smallest absolute Gasteiger partial charge is 0.342 e. The van der Waals surface area contributed by atoms with Crippen LogP contribution in [-0.2, 0) is 6.42 Å². The third-order valence-corrected chi connectivity index (χ3v) is 2.79. The lowest BCUT2D eigenvalue weighted by atomic mass is 10.1. The third-order valence-electron chi connectivity index (χ3n) is 2.79. The fourth-order valence-electron chi connectivity index (χ4n) is 1.79. The molecule has 7 heteroatoms. The SMILES string of the molecule is O=C(NCC(F)(F)F)c1cccc(Cc2ccc(F)cc2)n1. The van der Waals surface area contributed by atoms with Gasteiger partial charge in [0, 0.05) is 12.1 Å². The Hall–Kier alpha value is -2.44. The number of nitrogens with one attached hydrogen (secondary N) is 1. The molecule has 0 aliphatic heterocycles. The molecule has 1 heterocycles. The lowest BCUT2D eigenvalue weighted by molar-refractivity contribution is -0.123. The Kier molecular flexibility index (Phi) is 4.75. The Balaban J connectivity index is 2.06. The van der Waals surface area contributed by atoms with Gasteiger partial charge in [-0.15, -0.1) is 0 Å². The van der Waals surface area contributed by atoms with Crippen molar-refractivity contribution in [2.24, 2.45) is 0 Å². The molecule has 3 nitrogen and oxygen atoms in total. The van der Waals surface area contributed by atoms with Crippen molar-refractivity contribution in [3.63, 3.8) is 0 Å². The number of benzene rings is 1. The monoisotopic (exact) mass is 312 g/mol. The number of alkyl halides is 3. The van der Waals surface area contributed by atoms with Crippen LogP contribution < -0.4 is 5.32 Å². The van der Waals surface area contributed by atoms with Gasteiger partial charge in [-0.05, 0) is 29.8 Å². The first-order valence-corrected chi connectivity index (χ1v) is 6.39. The molecule has 1 amide bonds. The van der Waals surface area contributed by atoms with E-state index in [4.69, 9.17) is 0 Å². The molecule has 0 radical (unpaired) electrons. The number of nitrogens with zero attached hydrogens (tertiary/aromatic N) is 1. The first-order chi connectivity index (χ1) is 10.3. The van der Waals surface area contributed by atoms with Crippen molar-refractivity contribution >= 4 is 5.91 Å². The van der Waals surface area contributed by atoms with Crippen LogP contribution in [0.15, 0.2) is 42.5 Å². The van der Waals surface area contributed by atoms with Gasteiger partial charge in [0.15, 0.2) is 0 Å². The van der Waals surface area contributed by atoms with Crippen LogP contribution in [0.2, 0.25) is 0 Å². The zero-order valence-electron chi connectivity index (χ0n) is 11.3. The summed E-state index contributed by atoms with van der Waals surface area (Å²) in [6.07, 6.45) is -4.12. The van der Waals surface area contributed by atoms with Gasteiger partial charge in [0.05, 0.1) is 0 Å².